The number of rotatable bonds is 2. The molecule has 1 rings (SSSR count). The third-order valence-corrected chi connectivity index (χ3v) is 1.84. The van der Waals surface area contributed by atoms with Crippen molar-refractivity contribution < 1.29 is 9.32 Å². The first-order chi connectivity index (χ1) is 6.93. The van der Waals surface area contributed by atoms with Crippen LogP contribution in [-0.4, -0.2) is 11.1 Å². The first-order valence-electron chi connectivity index (χ1n) is 4.84. The van der Waals surface area contributed by atoms with Crippen molar-refractivity contribution in [1.29, 1.82) is 0 Å². The smallest absolute Gasteiger partial charge is 0.250 e. The first-order valence-corrected chi connectivity index (χ1v) is 4.84. The normalized spacial score (nSPS) is 12.0. The van der Waals surface area contributed by atoms with Crippen LogP contribution < -0.4 is 5.32 Å². The lowest BCUT2D eigenvalue weighted by Gasteiger charge is -2.12. The number of carbonyl (C=O) groups excluding carboxylic acids is 1. The average molecular weight is 208 g/mol. The molecule has 1 amide bonds. The zero-order chi connectivity index (χ0) is 11.5. The molecule has 0 aliphatic heterocycles. The van der Waals surface area contributed by atoms with Gasteiger partial charge in [-0.05, 0) is 13.0 Å². The molecule has 0 radical (unpaired) electrons. The quantitative estimate of drug-likeness (QED) is 0.759. The highest BCUT2D eigenvalue weighted by molar-refractivity contribution is 5.98. The summed E-state index contributed by atoms with van der Waals surface area (Å²) < 4.78 is 4.99. The minimum Gasteiger partial charge on any atom is -0.338 e. The minimum atomic E-state index is -0.214. The fraction of sp³-hybridized carbons (Fsp3) is 0.455. The van der Waals surface area contributed by atoms with Gasteiger partial charge in [-0.25, -0.2) is 0 Å². The second-order valence-corrected chi connectivity index (χ2v) is 4.32. The molecular weight excluding hydrogens is 192 g/mol. The molecule has 4 nitrogen and oxygen atoms in total. The Kier molecular flexibility index (Phi) is 3.29. The third kappa shape index (κ3) is 3.23. The largest absolute Gasteiger partial charge is 0.338 e. The molecule has 1 N–H and O–H groups in total. The van der Waals surface area contributed by atoms with Crippen LogP contribution in [-0.2, 0) is 10.2 Å². The maximum atomic E-state index is 11.2. The van der Waals surface area contributed by atoms with E-state index >= 15 is 0 Å². The fourth-order valence-electron chi connectivity index (χ4n) is 1.00. The Labute approximate surface area is 89.3 Å². The van der Waals surface area contributed by atoms with Crippen LogP contribution in [0.25, 0.3) is 0 Å². The summed E-state index contributed by atoms with van der Waals surface area (Å²) in [4.78, 5) is 11.2. The Morgan fingerprint density at radius 2 is 2.20 bits per heavy atom. The number of nitrogens with zero attached hydrogens (tertiary/aromatic N) is 1. The van der Waals surface area contributed by atoms with Gasteiger partial charge in [0.1, 0.15) is 0 Å². The van der Waals surface area contributed by atoms with Crippen molar-refractivity contribution in [2.45, 2.75) is 33.1 Å². The molecule has 82 valence electrons. The van der Waals surface area contributed by atoms with Crippen molar-refractivity contribution in [2.75, 3.05) is 5.32 Å². The Balaban J connectivity index is 2.73. The SMILES string of the molecule is CC=CC(=O)Nc1cc(C(C)(C)C)no1. The molecule has 0 fully saturated rings. The van der Waals surface area contributed by atoms with E-state index in [1.165, 1.54) is 6.08 Å². The fourth-order valence-corrected chi connectivity index (χ4v) is 1.00. The van der Waals surface area contributed by atoms with Crippen molar-refractivity contribution in [3.05, 3.63) is 23.9 Å². The van der Waals surface area contributed by atoms with Crippen LogP contribution in [0.1, 0.15) is 33.4 Å². The lowest BCUT2D eigenvalue weighted by molar-refractivity contribution is -0.112. The molecule has 4 heteroatoms. The summed E-state index contributed by atoms with van der Waals surface area (Å²) in [5, 5.41) is 6.47. The second-order valence-electron chi connectivity index (χ2n) is 4.32. The van der Waals surface area contributed by atoms with Crippen molar-refractivity contribution in [2.24, 2.45) is 0 Å². The summed E-state index contributed by atoms with van der Waals surface area (Å²) in [7, 11) is 0. The minimum absolute atomic E-state index is 0.0763. The van der Waals surface area contributed by atoms with E-state index in [9.17, 15) is 4.79 Å². The Bertz CT molecular complexity index is 372. The standard InChI is InChI=1S/C11H16N2O2/c1-5-6-9(14)12-10-7-8(13-15-10)11(2,3)4/h5-7H,1-4H3,(H,12,14). The van der Waals surface area contributed by atoms with Crippen LogP contribution in [0, 0.1) is 0 Å². The molecule has 0 aliphatic carbocycles. The van der Waals surface area contributed by atoms with Crippen LogP contribution in [0.4, 0.5) is 5.88 Å². The van der Waals surface area contributed by atoms with Gasteiger partial charge in [0.25, 0.3) is 0 Å². The number of hydrogen-bond acceptors (Lipinski definition) is 3. The predicted molar refractivity (Wildman–Crippen MR) is 58.6 cm³/mol. The maximum absolute atomic E-state index is 11.2. The summed E-state index contributed by atoms with van der Waals surface area (Å²) >= 11 is 0. The molecule has 0 bridgehead atoms. The summed E-state index contributed by atoms with van der Waals surface area (Å²) in [5.41, 5.74) is 0.742. The maximum Gasteiger partial charge on any atom is 0.250 e. The number of amides is 1. The number of anilines is 1. The Morgan fingerprint density at radius 1 is 1.53 bits per heavy atom. The van der Waals surface area contributed by atoms with Crippen LogP contribution in [0.15, 0.2) is 22.7 Å². The number of allylic oxidation sites excluding steroid dienone is 1. The van der Waals surface area contributed by atoms with E-state index in [-0.39, 0.29) is 11.3 Å². The van der Waals surface area contributed by atoms with E-state index in [0.717, 1.165) is 5.69 Å². The summed E-state index contributed by atoms with van der Waals surface area (Å²) in [6.07, 6.45) is 3.09. The van der Waals surface area contributed by atoms with Gasteiger partial charge in [0.2, 0.25) is 11.8 Å². The van der Waals surface area contributed by atoms with E-state index in [4.69, 9.17) is 4.52 Å². The van der Waals surface area contributed by atoms with E-state index in [1.807, 2.05) is 20.8 Å². The summed E-state index contributed by atoms with van der Waals surface area (Å²) in [5.74, 6) is 0.164. The van der Waals surface area contributed by atoms with Gasteiger partial charge in [0.15, 0.2) is 0 Å². The average Bonchev–Trinajstić information content (AvgIpc) is 2.52. The molecule has 0 atom stereocenters. The Morgan fingerprint density at radius 3 is 2.67 bits per heavy atom. The van der Waals surface area contributed by atoms with Crippen molar-refractivity contribution >= 4 is 11.8 Å². The molecular formula is C11H16N2O2. The van der Waals surface area contributed by atoms with Gasteiger partial charge < -0.3 is 4.52 Å². The molecule has 0 aromatic carbocycles. The van der Waals surface area contributed by atoms with E-state index in [2.05, 4.69) is 10.5 Å². The highest BCUT2D eigenvalue weighted by atomic mass is 16.5. The lowest BCUT2D eigenvalue weighted by Crippen LogP contribution is -2.11. The lowest BCUT2D eigenvalue weighted by atomic mass is 9.92. The van der Waals surface area contributed by atoms with Crippen LogP contribution >= 0.6 is 0 Å². The monoisotopic (exact) mass is 208 g/mol. The van der Waals surface area contributed by atoms with Gasteiger partial charge in [0.05, 0.1) is 5.69 Å². The highest BCUT2D eigenvalue weighted by Gasteiger charge is 2.19. The molecule has 1 heterocycles. The van der Waals surface area contributed by atoms with Gasteiger partial charge in [-0.2, -0.15) is 0 Å². The summed E-state index contributed by atoms with van der Waals surface area (Å²) in [6, 6.07) is 1.74. The second kappa shape index (κ2) is 4.29. The zero-order valence-corrected chi connectivity index (χ0v) is 9.50. The molecule has 0 aliphatic rings. The van der Waals surface area contributed by atoms with Crippen molar-refractivity contribution in [3.8, 4) is 0 Å². The van der Waals surface area contributed by atoms with Crippen LogP contribution in [0.3, 0.4) is 0 Å². The third-order valence-electron chi connectivity index (χ3n) is 1.84. The predicted octanol–water partition coefficient (Wildman–Crippen LogP) is 2.49. The van der Waals surface area contributed by atoms with Gasteiger partial charge in [-0.3, -0.25) is 10.1 Å². The number of nitrogens with one attached hydrogen (secondary N) is 1. The molecule has 1 aromatic heterocycles. The van der Waals surface area contributed by atoms with Crippen LogP contribution in [0.5, 0.6) is 0 Å². The van der Waals surface area contributed by atoms with Crippen molar-refractivity contribution in [1.82, 2.24) is 5.16 Å². The van der Waals surface area contributed by atoms with Gasteiger partial charge in [-0.15, -0.1) is 0 Å². The van der Waals surface area contributed by atoms with E-state index < -0.39 is 0 Å². The molecule has 0 spiro atoms. The molecule has 0 saturated carbocycles. The van der Waals surface area contributed by atoms with E-state index in [0.29, 0.717) is 5.88 Å². The first kappa shape index (κ1) is 11.5. The molecule has 0 saturated heterocycles. The molecule has 0 unspecified atom stereocenters. The number of hydrogen-bond donors (Lipinski definition) is 1. The number of carbonyl (C=O) groups is 1. The molecule has 15 heavy (non-hydrogen) atoms. The van der Waals surface area contributed by atoms with Gasteiger partial charge in [0, 0.05) is 11.5 Å². The number of aromatic nitrogens is 1. The highest BCUT2D eigenvalue weighted by Crippen LogP contribution is 2.23. The summed E-state index contributed by atoms with van der Waals surface area (Å²) in [6.45, 7) is 7.87. The topological polar surface area (TPSA) is 55.1 Å². The Hall–Kier alpha value is -1.58. The van der Waals surface area contributed by atoms with Gasteiger partial charge >= 0.3 is 0 Å². The van der Waals surface area contributed by atoms with Gasteiger partial charge in [-0.1, -0.05) is 32.0 Å². The van der Waals surface area contributed by atoms with Crippen LogP contribution in [0.2, 0.25) is 0 Å². The van der Waals surface area contributed by atoms with Crippen molar-refractivity contribution in [3.63, 3.8) is 0 Å². The molecule has 1 aromatic rings. The van der Waals surface area contributed by atoms with E-state index in [1.54, 1.807) is 19.1 Å². The zero-order valence-electron chi connectivity index (χ0n) is 9.50.